The molecule has 6 N–H and O–H groups in total. The Bertz CT molecular complexity index is 310. The minimum Gasteiger partial charge on any atom is -0.394 e. The van der Waals surface area contributed by atoms with E-state index < -0.39 is 31.0 Å². The number of nitrogens with one attached hydrogen (secondary N) is 1. The van der Waals surface area contributed by atoms with Crippen LogP contribution in [0.2, 0.25) is 0 Å². The van der Waals surface area contributed by atoms with Crippen LogP contribution in [0.4, 0.5) is 0 Å². The Balaban J connectivity index is 2.47. The smallest absolute Gasteiger partial charge is 0.239 e. The van der Waals surface area contributed by atoms with Crippen LogP contribution in [0.15, 0.2) is 0 Å². The van der Waals surface area contributed by atoms with Gasteiger partial charge in [-0.3, -0.25) is 4.79 Å². The monoisotopic (exact) mass is 292 g/mol. The summed E-state index contributed by atoms with van der Waals surface area (Å²) in [5.74, 6) is -0.189. The Hall–Kier alpha value is -0.770. The molecule has 118 valence electrons. The summed E-state index contributed by atoms with van der Waals surface area (Å²) in [6.45, 7) is -0.129. The van der Waals surface area contributed by atoms with Crippen molar-refractivity contribution in [1.82, 2.24) is 10.2 Å². The molecule has 8 heteroatoms. The zero-order valence-electron chi connectivity index (χ0n) is 11.5. The van der Waals surface area contributed by atoms with Crippen LogP contribution in [0.25, 0.3) is 0 Å². The fourth-order valence-corrected chi connectivity index (χ4v) is 2.20. The lowest BCUT2D eigenvalue weighted by Gasteiger charge is -2.29. The van der Waals surface area contributed by atoms with Gasteiger partial charge in [-0.1, -0.05) is 0 Å². The molecule has 0 bridgehead atoms. The van der Waals surface area contributed by atoms with Gasteiger partial charge < -0.3 is 35.7 Å². The van der Waals surface area contributed by atoms with E-state index in [2.05, 4.69) is 5.32 Å². The van der Waals surface area contributed by atoms with E-state index in [9.17, 15) is 25.2 Å². The molecular formula is C12H24N2O6. The minimum atomic E-state index is -1.68. The van der Waals surface area contributed by atoms with Gasteiger partial charge in [-0.15, -0.1) is 0 Å². The normalized spacial score (nSPS) is 25.0. The van der Waals surface area contributed by atoms with Crippen LogP contribution in [0.5, 0.6) is 0 Å². The van der Waals surface area contributed by atoms with Gasteiger partial charge >= 0.3 is 0 Å². The maximum Gasteiger partial charge on any atom is 0.239 e. The fourth-order valence-electron chi connectivity index (χ4n) is 2.20. The van der Waals surface area contributed by atoms with Crippen molar-refractivity contribution < 1.29 is 30.3 Å². The van der Waals surface area contributed by atoms with Gasteiger partial charge in [0.25, 0.3) is 0 Å². The Labute approximate surface area is 117 Å². The molecule has 20 heavy (non-hydrogen) atoms. The number of nitrogens with zero attached hydrogens (tertiary/aromatic N) is 1. The number of carbonyl (C=O) groups is 1. The molecule has 0 aromatic heterocycles. The van der Waals surface area contributed by atoms with Gasteiger partial charge in [-0.25, -0.2) is 0 Å². The molecule has 1 amide bonds. The highest BCUT2D eigenvalue weighted by molar-refractivity contribution is 5.81. The number of hydrogen-bond acceptors (Lipinski definition) is 7. The molecule has 1 fully saturated rings. The maximum absolute atomic E-state index is 12.0. The third-order valence-corrected chi connectivity index (χ3v) is 3.52. The highest BCUT2D eigenvalue weighted by Gasteiger charge is 2.32. The van der Waals surface area contributed by atoms with E-state index in [0.717, 1.165) is 19.4 Å². The highest BCUT2D eigenvalue weighted by Crippen LogP contribution is 2.10. The molecule has 1 saturated heterocycles. The van der Waals surface area contributed by atoms with Crippen LogP contribution in [0.3, 0.4) is 0 Å². The van der Waals surface area contributed by atoms with Crippen LogP contribution >= 0.6 is 0 Å². The zero-order chi connectivity index (χ0) is 15.3. The van der Waals surface area contributed by atoms with E-state index in [4.69, 9.17) is 5.11 Å². The number of likely N-dealkylation sites (N-methyl/N-ethyl adjacent to an activating group) is 1. The molecule has 0 radical (unpaired) electrons. The summed E-state index contributed by atoms with van der Waals surface area (Å²) >= 11 is 0. The molecule has 1 aliphatic rings. The summed E-state index contributed by atoms with van der Waals surface area (Å²) in [7, 11) is 1.49. The molecule has 0 spiro atoms. The van der Waals surface area contributed by atoms with Gasteiger partial charge in [0, 0.05) is 13.6 Å². The fraction of sp³-hybridized carbons (Fsp3) is 0.917. The van der Waals surface area contributed by atoms with Crippen LogP contribution in [0, 0.1) is 0 Å². The second-order valence-corrected chi connectivity index (χ2v) is 5.17. The number of aliphatic hydroxyl groups is 5. The zero-order valence-corrected chi connectivity index (χ0v) is 11.5. The predicted molar refractivity (Wildman–Crippen MR) is 69.8 cm³/mol. The first-order chi connectivity index (χ1) is 9.38. The number of carbonyl (C=O) groups excluding carboxylic acids is 1. The second kappa shape index (κ2) is 7.87. The van der Waals surface area contributed by atoms with E-state index in [1.54, 1.807) is 0 Å². The maximum atomic E-state index is 12.0. The van der Waals surface area contributed by atoms with Crippen LogP contribution in [-0.4, -0.2) is 93.5 Å². The number of aliphatic hydroxyl groups excluding tert-OH is 5. The van der Waals surface area contributed by atoms with E-state index in [1.807, 2.05) is 0 Å². The average molecular weight is 292 g/mol. The van der Waals surface area contributed by atoms with Gasteiger partial charge in [0.1, 0.15) is 24.4 Å². The highest BCUT2D eigenvalue weighted by atomic mass is 16.4. The summed E-state index contributed by atoms with van der Waals surface area (Å²) in [6, 6.07) is -0.280. The topological polar surface area (TPSA) is 133 Å². The largest absolute Gasteiger partial charge is 0.394 e. The molecule has 1 heterocycles. The van der Waals surface area contributed by atoms with Crippen molar-refractivity contribution in [2.24, 2.45) is 0 Å². The van der Waals surface area contributed by atoms with E-state index >= 15 is 0 Å². The predicted octanol–water partition coefficient (Wildman–Crippen LogP) is -3.37. The summed E-state index contributed by atoms with van der Waals surface area (Å²) in [5.41, 5.74) is 0. The SMILES string of the molecule is CN(C[C@H](O)[C@@H](O)[C@H](O)[C@H](O)CO)C(=O)C1CCCN1. The van der Waals surface area contributed by atoms with E-state index in [-0.39, 0.29) is 18.5 Å². The molecule has 0 saturated carbocycles. The van der Waals surface area contributed by atoms with E-state index in [0.29, 0.717) is 0 Å². The quantitative estimate of drug-likeness (QED) is 0.288. The van der Waals surface area contributed by atoms with Gasteiger partial charge in [-0.05, 0) is 19.4 Å². The van der Waals surface area contributed by atoms with Crippen molar-refractivity contribution in [3.63, 3.8) is 0 Å². The first-order valence-electron chi connectivity index (χ1n) is 6.70. The van der Waals surface area contributed by atoms with Gasteiger partial charge in [0.05, 0.1) is 12.6 Å². The Morgan fingerprint density at radius 1 is 1.25 bits per heavy atom. The van der Waals surface area contributed by atoms with Crippen LogP contribution in [-0.2, 0) is 4.79 Å². The summed E-state index contributed by atoms with van der Waals surface area (Å²) < 4.78 is 0. The lowest BCUT2D eigenvalue weighted by atomic mass is 10.0. The van der Waals surface area contributed by atoms with Crippen molar-refractivity contribution in [3.8, 4) is 0 Å². The van der Waals surface area contributed by atoms with Crippen molar-refractivity contribution >= 4 is 5.91 Å². The van der Waals surface area contributed by atoms with Crippen molar-refractivity contribution in [1.29, 1.82) is 0 Å². The Morgan fingerprint density at radius 2 is 1.85 bits per heavy atom. The third-order valence-electron chi connectivity index (χ3n) is 3.52. The van der Waals surface area contributed by atoms with E-state index in [1.165, 1.54) is 11.9 Å². The van der Waals surface area contributed by atoms with Crippen LogP contribution < -0.4 is 5.32 Å². The second-order valence-electron chi connectivity index (χ2n) is 5.17. The average Bonchev–Trinajstić information content (AvgIpc) is 2.97. The molecule has 1 unspecified atom stereocenters. The lowest BCUT2D eigenvalue weighted by Crippen LogP contribution is -2.51. The lowest BCUT2D eigenvalue weighted by molar-refractivity contribution is -0.139. The third kappa shape index (κ3) is 4.37. The van der Waals surface area contributed by atoms with Crippen molar-refractivity contribution in [2.45, 2.75) is 43.3 Å². The van der Waals surface area contributed by atoms with Crippen molar-refractivity contribution in [2.75, 3.05) is 26.7 Å². The Morgan fingerprint density at radius 3 is 2.35 bits per heavy atom. The molecule has 0 aliphatic carbocycles. The minimum absolute atomic E-state index is 0.173. The standard InChI is InChI=1S/C12H24N2O6/c1-14(12(20)7-3-2-4-13-7)5-8(16)10(18)11(19)9(17)6-15/h7-11,13,15-19H,2-6H2,1H3/t7?,8-,9+,10+,11+/m0/s1. The molecular weight excluding hydrogens is 268 g/mol. The summed E-state index contributed by atoms with van der Waals surface area (Å²) in [5, 5.41) is 49.8. The van der Waals surface area contributed by atoms with Gasteiger partial charge in [-0.2, -0.15) is 0 Å². The molecule has 0 aromatic rings. The van der Waals surface area contributed by atoms with Gasteiger partial charge in [0.2, 0.25) is 5.91 Å². The molecule has 1 aliphatic heterocycles. The summed E-state index contributed by atoms with van der Waals surface area (Å²) in [4.78, 5) is 13.3. The van der Waals surface area contributed by atoms with Gasteiger partial charge in [0.15, 0.2) is 0 Å². The summed E-state index contributed by atoms with van der Waals surface area (Å²) in [6.07, 6.45) is -4.64. The first kappa shape index (κ1) is 17.3. The molecule has 0 aromatic carbocycles. The number of rotatable bonds is 7. The number of hydrogen-bond donors (Lipinski definition) is 6. The molecule has 5 atom stereocenters. The Kier molecular flexibility index (Phi) is 6.80. The number of amides is 1. The molecule has 1 rings (SSSR count). The first-order valence-corrected chi connectivity index (χ1v) is 6.70. The molecule has 8 nitrogen and oxygen atoms in total. The van der Waals surface area contributed by atoms with Crippen LogP contribution in [0.1, 0.15) is 12.8 Å². The van der Waals surface area contributed by atoms with Crippen molar-refractivity contribution in [3.05, 3.63) is 0 Å².